The number of rotatable bonds is 25. The van der Waals surface area contributed by atoms with Gasteiger partial charge >= 0.3 is 0 Å². The van der Waals surface area contributed by atoms with Gasteiger partial charge in [-0.15, -0.1) is 0 Å². The van der Waals surface area contributed by atoms with Gasteiger partial charge in [0.15, 0.2) is 5.44 Å². The molecule has 1 aromatic rings. The zero-order chi connectivity index (χ0) is 30.1. The minimum absolute atomic E-state index is 0.0595. The van der Waals surface area contributed by atoms with Crippen LogP contribution in [0, 0.1) is 22.5 Å². The van der Waals surface area contributed by atoms with Crippen LogP contribution in [0.4, 0.5) is 0 Å². The molecule has 1 atom stereocenters. The number of benzene rings is 1. The number of allylic oxidation sites excluding steroid dienone is 1. The van der Waals surface area contributed by atoms with Crippen molar-refractivity contribution in [3.05, 3.63) is 42.0 Å². The Bertz CT molecular complexity index is 918. The van der Waals surface area contributed by atoms with Crippen LogP contribution in [0.3, 0.4) is 0 Å². The number of ketones is 1. The van der Waals surface area contributed by atoms with Gasteiger partial charge in [0.1, 0.15) is 30.1 Å². The summed E-state index contributed by atoms with van der Waals surface area (Å²) in [6, 6.07) is 7.32. The fraction of sp³-hybridized carbons (Fsp3) is 0.645. The average Bonchev–Trinajstić information content (AvgIpc) is 2.92. The Balaban J connectivity index is 2.24. The molecule has 0 saturated heterocycles. The summed E-state index contributed by atoms with van der Waals surface area (Å²) >= 11 is 0.949. The highest BCUT2D eigenvalue weighted by atomic mass is 32.2. The first-order valence-corrected chi connectivity index (χ1v) is 15.2. The predicted molar refractivity (Wildman–Crippen MR) is 162 cm³/mol. The van der Waals surface area contributed by atoms with Crippen molar-refractivity contribution in [1.82, 2.24) is 5.32 Å². The van der Waals surface area contributed by atoms with Crippen LogP contribution in [0.25, 0.3) is 0 Å². The van der Waals surface area contributed by atoms with Gasteiger partial charge in [-0.25, -0.2) is 0 Å². The van der Waals surface area contributed by atoms with E-state index in [4.69, 9.17) is 28.9 Å². The van der Waals surface area contributed by atoms with Gasteiger partial charge in [-0.3, -0.25) is 9.59 Å². The van der Waals surface area contributed by atoms with E-state index in [1.165, 1.54) is 0 Å². The van der Waals surface area contributed by atoms with Gasteiger partial charge in [0.25, 0.3) is 0 Å². The number of nitrogens with one attached hydrogen (secondary N) is 1. The number of amides is 1. The molecule has 0 spiro atoms. The number of ether oxygens (including phenoxy) is 5. The van der Waals surface area contributed by atoms with Crippen molar-refractivity contribution in [2.75, 3.05) is 59.4 Å². The van der Waals surface area contributed by atoms with Gasteiger partial charge < -0.3 is 29.0 Å². The first-order chi connectivity index (χ1) is 19.8. The number of Topliss-reactive ketones (excluding diaryl/α,β-unsaturated/α-hetero) is 1. The normalized spacial score (nSPS) is 12.1. The Morgan fingerprint density at radius 2 is 1.78 bits per heavy atom. The monoisotopic (exact) mass is 592 g/mol. The lowest BCUT2D eigenvalue weighted by Crippen LogP contribution is -2.28. The van der Waals surface area contributed by atoms with Crippen molar-refractivity contribution in [2.24, 2.45) is 11.8 Å². The molecule has 0 aromatic heterocycles. The molecule has 0 fully saturated rings. The first kappa shape index (κ1) is 36.6. The van der Waals surface area contributed by atoms with Crippen LogP contribution in [0.1, 0.15) is 52.5 Å². The van der Waals surface area contributed by atoms with Crippen molar-refractivity contribution in [1.29, 1.82) is 5.26 Å². The highest BCUT2D eigenvalue weighted by Gasteiger charge is 2.12. The van der Waals surface area contributed by atoms with E-state index in [1.807, 2.05) is 35.8 Å². The number of carbonyl (C=O) groups excluding carboxylic acids is 2. The molecule has 1 amide bonds. The van der Waals surface area contributed by atoms with E-state index in [-0.39, 0.29) is 44.5 Å². The highest BCUT2D eigenvalue weighted by molar-refractivity contribution is 8.04. The van der Waals surface area contributed by atoms with Gasteiger partial charge in [-0.2, -0.15) is 5.26 Å². The molecule has 0 unspecified atom stereocenters. The van der Waals surface area contributed by atoms with Crippen LogP contribution in [-0.2, 0) is 35.0 Å². The van der Waals surface area contributed by atoms with Crippen molar-refractivity contribution in [3.63, 3.8) is 0 Å². The molecule has 1 N–H and O–H groups in total. The Labute approximate surface area is 250 Å². The molecule has 0 aliphatic rings. The Hall–Kier alpha value is -2.42. The third-order valence-corrected chi connectivity index (χ3v) is 6.18. The van der Waals surface area contributed by atoms with E-state index < -0.39 is 5.44 Å². The molecule has 1 aromatic carbocycles. The summed E-state index contributed by atoms with van der Waals surface area (Å²) in [5.41, 5.74) is 0.318. The maximum Gasteiger partial charge on any atom is 0.246 e. The van der Waals surface area contributed by atoms with E-state index in [2.05, 4.69) is 33.0 Å². The molecule has 0 heterocycles. The maximum atomic E-state index is 12.4. The number of hydrogen-bond donors (Lipinski definition) is 1. The Morgan fingerprint density at radius 1 is 1.02 bits per heavy atom. The highest BCUT2D eigenvalue weighted by Crippen LogP contribution is 2.18. The van der Waals surface area contributed by atoms with Gasteiger partial charge in [0.2, 0.25) is 5.91 Å². The van der Waals surface area contributed by atoms with E-state index in [9.17, 15) is 9.59 Å². The molecule has 0 bridgehead atoms. The lowest BCUT2D eigenvalue weighted by atomic mass is 10.1. The predicted octanol–water partition coefficient (Wildman–Crippen LogP) is 4.94. The van der Waals surface area contributed by atoms with Gasteiger partial charge in [-0.05, 0) is 54.1 Å². The van der Waals surface area contributed by atoms with Gasteiger partial charge in [-0.1, -0.05) is 52.0 Å². The van der Waals surface area contributed by atoms with E-state index >= 15 is 0 Å². The van der Waals surface area contributed by atoms with Gasteiger partial charge in [0, 0.05) is 26.0 Å². The summed E-state index contributed by atoms with van der Waals surface area (Å²) in [5, 5.41) is 13.9. The number of carbonyl (C=O) groups is 2. The molecular formula is C31H48N2O7S. The van der Waals surface area contributed by atoms with Crippen LogP contribution in [-0.4, -0.2) is 76.5 Å². The topological polar surface area (TPSA) is 116 Å². The molecular weight excluding hydrogens is 544 g/mol. The molecule has 41 heavy (non-hydrogen) atoms. The SMILES string of the molecule is CC(C)/C=C/CNC(=O)COCCO[C@H](COc1cccc(CC(=O)CCOCCOCCCC(C)C)c1)SC#N. The summed E-state index contributed by atoms with van der Waals surface area (Å²) in [4.78, 5) is 24.1. The first-order valence-electron chi connectivity index (χ1n) is 14.4. The number of nitriles is 1. The van der Waals surface area contributed by atoms with Crippen molar-refractivity contribution in [3.8, 4) is 11.2 Å². The largest absolute Gasteiger partial charge is 0.490 e. The smallest absolute Gasteiger partial charge is 0.246 e. The van der Waals surface area contributed by atoms with E-state index in [0.717, 1.165) is 36.8 Å². The number of thioether (sulfide) groups is 1. The van der Waals surface area contributed by atoms with Crippen LogP contribution in [0.5, 0.6) is 5.75 Å². The molecule has 230 valence electrons. The summed E-state index contributed by atoms with van der Waals surface area (Å²) in [7, 11) is 0. The van der Waals surface area contributed by atoms with Crippen molar-refractivity contribution >= 4 is 23.5 Å². The maximum absolute atomic E-state index is 12.4. The van der Waals surface area contributed by atoms with Crippen molar-refractivity contribution < 1.29 is 33.3 Å². The molecule has 1 rings (SSSR count). The standard InChI is InChI=1S/C31H48N2O7S/c1-25(2)8-6-13-33-30(35)22-38-18-19-39-31(41-24-32)23-40-29-11-5-10-27(21-29)20-28(34)12-15-37-17-16-36-14-7-9-26(3)4/h5-6,8,10-11,21,25-26,31H,7,9,12-20,22-23H2,1-4H3,(H,33,35)/b8-6+/t31-/m0/s1. The fourth-order valence-corrected chi connectivity index (χ4v) is 3.89. The molecule has 9 nitrogen and oxygen atoms in total. The fourth-order valence-electron chi connectivity index (χ4n) is 3.47. The number of nitrogens with zero attached hydrogens (tertiary/aromatic N) is 1. The molecule has 0 saturated carbocycles. The lowest BCUT2D eigenvalue weighted by Gasteiger charge is -2.16. The second kappa shape index (κ2) is 24.2. The van der Waals surface area contributed by atoms with Crippen LogP contribution < -0.4 is 10.1 Å². The summed E-state index contributed by atoms with van der Waals surface area (Å²) < 4.78 is 27.9. The minimum Gasteiger partial charge on any atom is -0.490 e. The Morgan fingerprint density at radius 3 is 2.51 bits per heavy atom. The summed E-state index contributed by atoms with van der Waals surface area (Å²) in [6.45, 7) is 11.7. The minimum atomic E-state index is -0.528. The van der Waals surface area contributed by atoms with E-state index in [0.29, 0.717) is 50.4 Å². The van der Waals surface area contributed by atoms with Crippen LogP contribution in [0.15, 0.2) is 36.4 Å². The Kier molecular flexibility index (Phi) is 21.6. The second-order valence-electron chi connectivity index (χ2n) is 10.2. The quantitative estimate of drug-likeness (QED) is 0.0729. The van der Waals surface area contributed by atoms with Gasteiger partial charge in [0.05, 0.1) is 33.0 Å². The number of thiocyanates is 1. The zero-order valence-electron chi connectivity index (χ0n) is 25.1. The van der Waals surface area contributed by atoms with Crippen molar-refractivity contribution in [2.45, 2.75) is 58.8 Å². The van der Waals surface area contributed by atoms with Crippen LogP contribution in [0.2, 0.25) is 0 Å². The average molecular weight is 593 g/mol. The molecule has 0 aliphatic carbocycles. The molecule has 0 aliphatic heterocycles. The summed E-state index contributed by atoms with van der Waals surface area (Å²) in [6.07, 6.45) is 6.77. The lowest BCUT2D eigenvalue weighted by molar-refractivity contribution is -0.126. The molecule has 0 radical (unpaired) electrons. The zero-order valence-corrected chi connectivity index (χ0v) is 25.9. The molecule has 10 heteroatoms. The van der Waals surface area contributed by atoms with Crippen LogP contribution >= 0.6 is 11.8 Å². The third kappa shape index (κ3) is 21.9. The number of hydrogen-bond acceptors (Lipinski definition) is 9. The van der Waals surface area contributed by atoms with E-state index in [1.54, 1.807) is 6.07 Å². The second-order valence-corrected chi connectivity index (χ2v) is 11.2. The third-order valence-electron chi connectivity index (χ3n) is 5.54. The summed E-state index contributed by atoms with van der Waals surface area (Å²) in [5.74, 6) is 1.60.